The monoisotopic (exact) mass is 295 g/mol. The van der Waals surface area contributed by atoms with Gasteiger partial charge in [-0.15, -0.1) is 0 Å². The van der Waals surface area contributed by atoms with Crippen molar-refractivity contribution in [2.24, 2.45) is 5.92 Å². The van der Waals surface area contributed by atoms with Gasteiger partial charge < -0.3 is 25.5 Å². The van der Waals surface area contributed by atoms with Gasteiger partial charge >= 0.3 is 12.0 Å². The molecule has 1 heterocycles. The molecule has 1 saturated carbocycles. The third-order valence-corrected chi connectivity index (χ3v) is 3.27. The van der Waals surface area contributed by atoms with Crippen LogP contribution >= 0.6 is 0 Å². The van der Waals surface area contributed by atoms with Gasteiger partial charge in [-0.25, -0.2) is 4.79 Å². The van der Waals surface area contributed by atoms with Crippen molar-refractivity contribution < 1.29 is 23.9 Å². The van der Waals surface area contributed by atoms with E-state index >= 15 is 0 Å². The number of urea groups is 1. The third-order valence-electron chi connectivity index (χ3n) is 3.27. The summed E-state index contributed by atoms with van der Waals surface area (Å²) < 4.78 is 5.04. The van der Waals surface area contributed by atoms with E-state index in [0.29, 0.717) is 18.6 Å². The van der Waals surface area contributed by atoms with E-state index in [1.165, 1.54) is 6.26 Å². The van der Waals surface area contributed by atoms with Gasteiger partial charge in [0.1, 0.15) is 5.76 Å². The Labute approximate surface area is 120 Å². The van der Waals surface area contributed by atoms with Crippen LogP contribution in [0, 0.1) is 5.92 Å². The number of furan rings is 1. The zero-order valence-corrected chi connectivity index (χ0v) is 11.3. The molecule has 1 fully saturated rings. The van der Waals surface area contributed by atoms with E-state index in [0.717, 1.165) is 0 Å². The fourth-order valence-electron chi connectivity index (χ4n) is 2.02. The normalized spacial score (nSPS) is 20.2. The van der Waals surface area contributed by atoms with E-state index in [9.17, 15) is 14.4 Å². The van der Waals surface area contributed by atoms with Crippen molar-refractivity contribution in [3.8, 4) is 0 Å². The largest absolute Gasteiger partial charge is 0.481 e. The fraction of sp³-hybridized carbons (Fsp3) is 0.462. The van der Waals surface area contributed by atoms with E-state index in [1.807, 2.05) is 0 Å². The highest BCUT2D eigenvalue weighted by Crippen LogP contribution is 2.27. The van der Waals surface area contributed by atoms with Crippen molar-refractivity contribution >= 4 is 17.9 Å². The van der Waals surface area contributed by atoms with E-state index in [4.69, 9.17) is 9.52 Å². The zero-order valence-electron chi connectivity index (χ0n) is 11.3. The lowest BCUT2D eigenvalue weighted by Crippen LogP contribution is -2.50. The molecule has 0 radical (unpaired) electrons. The van der Waals surface area contributed by atoms with Crippen LogP contribution in [0.3, 0.4) is 0 Å². The number of hydrogen-bond donors (Lipinski definition) is 4. The minimum absolute atomic E-state index is 0.119. The molecule has 8 heteroatoms. The van der Waals surface area contributed by atoms with Gasteiger partial charge in [-0.3, -0.25) is 9.59 Å². The molecule has 0 spiro atoms. The quantitative estimate of drug-likeness (QED) is 0.591. The van der Waals surface area contributed by atoms with Crippen molar-refractivity contribution in [2.45, 2.75) is 25.4 Å². The number of nitrogens with one attached hydrogen (secondary N) is 3. The molecular formula is C13H17N3O5. The Bertz CT molecular complexity index is 508. The van der Waals surface area contributed by atoms with Gasteiger partial charge in [0.2, 0.25) is 5.91 Å². The van der Waals surface area contributed by atoms with E-state index in [2.05, 4.69) is 16.0 Å². The smallest absolute Gasteiger partial charge is 0.315 e. The van der Waals surface area contributed by atoms with Gasteiger partial charge in [0.15, 0.2) is 0 Å². The zero-order chi connectivity index (χ0) is 15.2. The SMILES string of the molecule is O=C(CNC(=O)NCc1ccco1)NC1CC(C(=O)O)C1. The molecular weight excluding hydrogens is 278 g/mol. The molecule has 0 aliphatic heterocycles. The van der Waals surface area contributed by atoms with Crippen molar-refractivity contribution in [3.63, 3.8) is 0 Å². The maximum atomic E-state index is 11.5. The van der Waals surface area contributed by atoms with Crippen LogP contribution < -0.4 is 16.0 Å². The van der Waals surface area contributed by atoms with Crippen LogP contribution in [0.4, 0.5) is 4.79 Å². The van der Waals surface area contributed by atoms with Crippen molar-refractivity contribution in [2.75, 3.05) is 6.54 Å². The Morgan fingerprint density at radius 1 is 1.29 bits per heavy atom. The van der Waals surface area contributed by atoms with Gasteiger partial charge in [-0.1, -0.05) is 0 Å². The first kappa shape index (κ1) is 14.9. The van der Waals surface area contributed by atoms with Crippen LogP contribution in [0.5, 0.6) is 0 Å². The summed E-state index contributed by atoms with van der Waals surface area (Å²) in [5, 5.41) is 16.3. The van der Waals surface area contributed by atoms with Gasteiger partial charge in [0.05, 0.1) is 25.3 Å². The Kier molecular flexibility index (Phi) is 4.81. The maximum absolute atomic E-state index is 11.5. The summed E-state index contributed by atoms with van der Waals surface area (Å²) in [6.07, 6.45) is 2.38. The number of carbonyl (C=O) groups excluding carboxylic acids is 2. The average Bonchev–Trinajstić information content (AvgIpc) is 2.90. The highest BCUT2D eigenvalue weighted by molar-refractivity contribution is 5.84. The standard InChI is InChI=1S/C13H17N3O5/c17-11(16-9-4-8(5-9)12(18)19)7-15-13(20)14-6-10-2-1-3-21-10/h1-3,8-9H,4-7H2,(H,16,17)(H,18,19)(H2,14,15,20). The van der Waals surface area contributed by atoms with Crippen LogP contribution in [0.25, 0.3) is 0 Å². The molecule has 0 saturated heterocycles. The van der Waals surface area contributed by atoms with Gasteiger partial charge in [-0.2, -0.15) is 0 Å². The van der Waals surface area contributed by atoms with Gasteiger partial charge in [0.25, 0.3) is 0 Å². The van der Waals surface area contributed by atoms with Crippen molar-refractivity contribution in [3.05, 3.63) is 24.2 Å². The van der Waals surface area contributed by atoms with E-state index < -0.39 is 12.0 Å². The average molecular weight is 295 g/mol. The first-order valence-corrected chi connectivity index (χ1v) is 6.61. The number of carbonyl (C=O) groups is 3. The van der Waals surface area contributed by atoms with Crippen molar-refractivity contribution in [1.82, 2.24) is 16.0 Å². The minimum atomic E-state index is -0.837. The van der Waals surface area contributed by atoms with Crippen LogP contribution in [0.1, 0.15) is 18.6 Å². The molecule has 1 aliphatic carbocycles. The van der Waals surface area contributed by atoms with Gasteiger partial charge in [-0.05, 0) is 25.0 Å². The molecule has 0 atom stereocenters. The van der Waals surface area contributed by atoms with Crippen LogP contribution in [-0.4, -0.2) is 35.6 Å². The Hall–Kier alpha value is -2.51. The molecule has 8 nitrogen and oxygen atoms in total. The Morgan fingerprint density at radius 3 is 2.67 bits per heavy atom. The van der Waals surface area contributed by atoms with Gasteiger partial charge in [0, 0.05) is 6.04 Å². The predicted octanol–water partition coefficient (Wildman–Crippen LogP) is 0.0582. The maximum Gasteiger partial charge on any atom is 0.315 e. The number of rotatable bonds is 6. The molecule has 4 N–H and O–H groups in total. The number of carboxylic acids is 1. The Balaban J connectivity index is 1.56. The van der Waals surface area contributed by atoms with Crippen LogP contribution in [-0.2, 0) is 16.1 Å². The molecule has 2 rings (SSSR count). The lowest BCUT2D eigenvalue weighted by Gasteiger charge is -2.32. The summed E-state index contributed by atoms with van der Waals surface area (Å²) in [5.41, 5.74) is 0. The number of amides is 3. The lowest BCUT2D eigenvalue weighted by atomic mass is 9.80. The topological polar surface area (TPSA) is 121 Å². The number of carboxylic acid groups (broad SMARTS) is 1. The summed E-state index contributed by atoms with van der Waals surface area (Å²) >= 11 is 0. The molecule has 1 aromatic heterocycles. The second-order valence-corrected chi connectivity index (χ2v) is 4.89. The molecule has 0 bridgehead atoms. The van der Waals surface area contributed by atoms with Crippen LogP contribution in [0.2, 0.25) is 0 Å². The second kappa shape index (κ2) is 6.78. The molecule has 1 aromatic rings. The first-order chi connectivity index (χ1) is 10.0. The summed E-state index contributed by atoms with van der Waals surface area (Å²) in [7, 11) is 0. The second-order valence-electron chi connectivity index (χ2n) is 4.89. The van der Waals surface area contributed by atoms with E-state index in [1.54, 1.807) is 12.1 Å². The van der Waals surface area contributed by atoms with Crippen molar-refractivity contribution in [1.29, 1.82) is 0 Å². The molecule has 21 heavy (non-hydrogen) atoms. The molecule has 1 aliphatic rings. The Morgan fingerprint density at radius 2 is 2.05 bits per heavy atom. The first-order valence-electron chi connectivity index (χ1n) is 6.61. The third kappa shape index (κ3) is 4.51. The molecule has 114 valence electrons. The number of hydrogen-bond acceptors (Lipinski definition) is 4. The summed E-state index contributed by atoms with van der Waals surface area (Å²) in [5.74, 6) is -0.934. The summed E-state index contributed by atoms with van der Waals surface area (Å²) in [4.78, 5) is 33.6. The molecule has 3 amide bonds. The summed E-state index contributed by atoms with van der Waals surface area (Å²) in [6.45, 7) is 0.0849. The summed E-state index contributed by atoms with van der Waals surface area (Å²) in [6, 6.07) is 2.85. The lowest BCUT2D eigenvalue weighted by molar-refractivity contribution is -0.146. The van der Waals surface area contributed by atoms with E-state index in [-0.39, 0.29) is 31.0 Å². The molecule has 0 aromatic carbocycles. The molecule has 0 unspecified atom stereocenters. The highest BCUT2D eigenvalue weighted by atomic mass is 16.4. The minimum Gasteiger partial charge on any atom is -0.481 e. The highest BCUT2D eigenvalue weighted by Gasteiger charge is 2.35. The van der Waals surface area contributed by atoms with Crippen LogP contribution in [0.15, 0.2) is 22.8 Å². The predicted molar refractivity (Wildman–Crippen MR) is 71.2 cm³/mol. The number of aliphatic carboxylic acids is 1. The fourth-order valence-corrected chi connectivity index (χ4v) is 2.02.